The molecule has 3 rings (SSSR count). The van der Waals surface area contributed by atoms with Gasteiger partial charge in [-0.05, 0) is 64.5 Å². The van der Waals surface area contributed by atoms with Crippen molar-refractivity contribution in [3.05, 3.63) is 29.3 Å². The van der Waals surface area contributed by atoms with E-state index in [9.17, 15) is 9.90 Å². The van der Waals surface area contributed by atoms with E-state index in [-0.39, 0.29) is 29.6 Å². The highest BCUT2D eigenvalue weighted by Gasteiger charge is 2.40. The molecule has 0 radical (unpaired) electrons. The maximum absolute atomic E-state index is 12.7. The van der Waals surface area contributed by atoms with Crippen molar-refractivity contribution in [1.82, 2.24) is 0 Å². The zero-order valence-corrected chi connectivity index (χ0v) is 17.1. The van der Waals surface area contributed by atoms with Crippen LogP contribution in [0.2, 0.25) is 0 Å². The van der Waals surface area contributed by atoms with Crippen LogP contribution in [-0.4, -0.2) is 42.3 Å². The van der Waals surface area contributed by atoms with Crippen LogP contribution < -0.4 is 4.74 Å². The van der Waals surface area contributed by atoms with Crippen molar-refractivity contribution in [2.45, 2.75) is 77.0 Å². The first-order valence-electron chi connectivity index (χ1n) is 9.93. The number of esters is 1. The van der Waals surface area contributed by atoms with Crippen LogP contribution in [0.4, 0.5) is 0 Å². The topological polar surface area (TPSA) is 74.2 Å². The molecule has 1 saturated heterocycles. The minimum absolute atomic E-state index is 0.0404. The van der Waals surface area contributed by atoms with Gasteiger partial charge in [0.1, 0.15) is 17.1 Å². The van der Waals surface area contributed by atoms with Crippen molar-refractivity contribution >= 4 is 12.0 Å². The Hall–Kier alpha value is -2.05. The number of cyclic esters (lactones) is 1. The largest absolute Gasteiger partial charge is 0.507 e. The van der Waals surface area contributed by atoms with Gasteiger partial charge in [-0.3, -0.25) is 0 Å². The molecule has 6 nitrogen and oxygen atoms in total. The Morgan fingerprint density at radius 3 is 2.57 bits per heavy atom. The summed E-state index contributed by atoms with van der Waals surface area (Å²) in [6, 6.07) is 3.16. The first-order chi connectivity index (χ1) is 13.3. The molecule has 0 saturated carbocycles. The fourth-order valence-electron chi connectivity index (χ4n) is 3.87. The van der Waals surface area contributed by atoms with E-state index in [4.69, 9.17) is 18.9 Å². The Kier molecular flexibility index (Phi) is 6.30. The molecule has 0 spiro atoms. The molecule has 1 N–H and O–H groups in total. The van der Waals surface area contributed by atoms with E-state index in [0.717, 1.165) is 32.1 Å². The van der Waals surface area contributed by atoms with Gasteiger partial charge in [-0.1, -0.05) is 12.2 Å². The van der Waals surface area contributed by atoms with Gasteiger partial charge in [0.25, 0.3) is 0 Å². The molecule has 154 valence electrons. The second-order valence-corrected chi connectivity index (χ2v) is 7.95. The smallest absolute Gasteiger partial charge is 0.342 e. The number of rotatable bonds is 1. The van der Waals surface area contributed by atoms with Crippen LogP contribution in [0, 0.1) is 0 Å². The van der Waals surface area contributed by atoms with Crippen molar-refractivity contribution in [2.75, 3.05) is 7.11 Å². The molecule has 2 heterocycles. The number of ether oxygens (including phenoxy) is 4. The Balaban J connectivity index is 1.88. The zero-order valence-electron chi connectivity index (χ0n) is 17.1. The second kappa shape index (κ2) is 8.53. The Morgan fingerprint density at radius 1 is 1.14 bits per heavy atom. The monoisotopic (exact) mass is 390 g/mol. The standard InChI is InChI=1S/C22H30O6/c1-14-8-7-11-19-18(27-22(2,3)28-19)10-6-5-9-15-12-16(25-4)13-17(23)20(15)21(24)26-14/h5,9,12-14,18-19,23H,6-8,10-11H2,1-4H3/b9-5-/t14-,18-,19-/m0/s1. The Bertz CT molecular complexity index is 739. The lowest BCUT2D eigenvalue weighted by molar-refractivity contribution is -0.147. The van der Waals surface area contributed by atoms with Gasteiger partial charge >= 0.3 is 5.97 Å². The summed E-state index contributed by atoms with van der Waals surface area (Å²) in [5, 5.41) is 10.4. The van der Waals surface area contributed by atoms with Crippen LogP contribution >= 0.6 is 0 Å². The number of phenolic OH excluding ortho intramolecular Hbond substituents is 1. The lowest BCUT2D eigenvalue weighted by Crippen LogP contribution is -2.23. The SMILES string of the molecule is COc1cc(O)c2c(c1)/C=C\CC[C@@H]1OC(C)(C)O[C@H]1CCC[C@H](C)OC2=O. The van der Waals surface area contributed by atoms with E-state index in [0.29, 0.717) is 11.3 Å². The number of hydrogen-bond acceptors (Lipinski definition) is 6. The highest BCUT2D eigenvalue weighted by Crippen LogP contribution is 2.34. The van der Waals surface area contributed by atoms with E-state index in [1.54, 1.807) is 6.07 Å². The van der Waals surface area contributed by atoms with Gasteiger partial charge in [0, 0.05) is 6.07 Å². The molecule has 0 amide bonds. The van der Waals surface area contributed by atoms with E-state index in [1.165, 1.54) is 13.2 Å². The number of phenols is 1. The number of aromatic hydroxyl groups is 1. The van der Waals surface area contributed by atoms with Crippen molar-refractivity contribution in [3.63, 3.8) is 0 Å². The third kappa shape index (κ3) is 4.86. The van der Waals surface area contributed by atoms with E-state index in [2.05, 4.69) is 0 Å². The predicted octanol–water partition coefficient (Wildman–Crippen LogP) is 4.44. The van der Waals surface area contributed by atoms with Crippen LogP contribution in [0.15, 0.2) is 18.2 Å². The van der Waals surface area contributed by atoms with Gasteiger partial charge in [-0.15, -0.1) is 0 Å². The maximum Gasteiger partial charge on any atom is 0.342 e. The van der Waals surface area contributed by atoms with Crippen molar-refractivity contribution in [2.24, 2.45) is 0 Å². The quantitative estimate of drug-likeness (QED) is 0.715. The number of hydrogen-bond donors (Lipinski definition) is 1. The molecule has 2 aliphatic heterocycles. The van der Waals surface area contributed by atoms with E-state index < -0.39 is 11.8 Å². The molecule has 0 unspecified atom stereocenters. The molecule has 28 heavy (non-hydrogen) atoms. The molecule has 0 aliphatic carbocycles. The summed E-state index contributed by atoms with van der Waals surface area (Å²) in [5.41, 5.74) is 0.743. The van der Waals surface area contributed by atoms with E-state index in [1.807, 2.05) is 32.9 Å². The maximum atomic E-state index is 12.7. The molecule has 6 heteroatoms. The van der Waals surface area contributed by atoms with Crippen LogP contribution in [-0.2, 0) is 14.2 Å². The molecule has 1 fully saturated rings. The molecular formula is C22H30O6. The highest BCUT2D eigenvalue weighted by atomic mass is 16.7. The average molecular weight is 390 g/mol. The molecule has 3 atom stereocenters. The molecular weight excluding hydrogens is 360 g/mol. The summed E-state index contributed by atoms with van der Waals surface area (Å²) < 4.78 is 23.0. The Labute approximate surface area is 166 Å². The molecule has 1 aromatic carbocycles. The summed E-state index contributed by atoms with van der Waals surface area (Å²) in [4.78, 5) is 12.7. The number of benzene rings is 1. The third-order valence-electron chi connectivity index (χ3n) is 5.17. The molecule has 2 aliphatic rings. The number of carbonyl (C=O) groups is 1. The third-order valence-corrected chi connectivity index (χ3v) is 5.17. The van der Waals surface area contributed by atoms with Gasteiger partial charge in [0.15, 0.2) is 5.79 Å². The lowest BCUT2D eigenvalue weighted by atomic mass is 10.00. The molecule has 0 bridgehead atoms. The Morgan fingerprint density at radius 2 is 1.86 bits per heavy atom. The molecule has 0 aromatic heterocycles. The summed E-state index contributed by atoms with van der Waals surface area (Å²) in [7, 11) is 1.52. The second-order valence-electron chi connectivity index (χ2n) is 7.95. The van der Waals surface area contributed by atoms with Crippen molar-refractivity contribution < 1.29 is 28.8 Å². The van der Waals surface area contributed by atoms with Gasteiger partial charge in [0.05, 0.1) is 25.4 Å². The van der Waals surface area contributed by atoms with Gasteiger partial charge in [-0.25, -0.2) is 4.79 Å². The van der Waals surface area contributed by atoms with Gasteiger partial charge in [0.2, 0.25) is 0 Å². The van der Waals surface area contributed by atoms with Crippen molar-refractivity contribution in [1.29, 1.82) is 0 Å². The van der Waals surface area contributed by atoms with Crippen LogP contribution in [0.1, 0.15) is 68.8 Å². The minimum atomic E-state index is -0.573. The van der Waals surface area contributed by atoms with E-state index >= 15 is 0 Å². The summed E-state index contributed by atoms with van der Waals surface area (Å²) in [6.07, 6.45) is 7.68. The number of allylic oxidation sites excluding steroid dienone is 1. The zero-order chi connectivity index (χ0) is 20.3. The van der Waals surface area contributed by atoms with Crippen LogP contribution in [0.3, 0.4) is 0 Å². The fourth-order valence-corrected chi connectivity index (χ4v) is 3.87. The summed E-state index contributed by atoms with van der Waals surface area (Å²) in [5.74, 6) is -0.754. The van der Waals surface area contributed by atoms with Crippen molar-refractivity contribution in [3.8, 4) is 11.5 Å². The molecule has 1 aromatic rings. The number of methoxy groups -OCH3 is 1. The summed E-state index contributed by atoms with van der Waals surface area (Å²) in [6.45, 7) is 5.76. The number of carbonyl (C=O) groups excluding carboxylic acids is 1. The average Bonchev–Trinajstić information content (AvgIpc) is 2.91. The van der Waals surface area contributed by atoms with Crippen LogP contribution in [0.25, 0.3) is 6.08 Å². The minimum Gasteiger partial charge on any atom is -0.507 e. The predicted molar refractivity (Wildman–Crippen MR) is 105 cm³/mol. The highest BCUT2D eigenvalue weighted by molar-refractivity contribution is 5.97. The lowest BCUT2D eigenvalue weighted by Gasteiger charge is -2.19. The number of fused-ring (bicyclic) bond motifs is 2. The van der Waals surface area contributed by atoms with Crippen LogP contribution in [0.5, 0.6) is 11.5 Å². The van der Waals surface area contributed by atoms with Gasteiger partial charge in [-0.2, -0.15) is 0 Å². The first-order valence-corrected chi connectivity index (χ1v) is 9.93. The summed E-state index contributed by atoms with van der Waals surface area (Å²) >= 11 is 0. The van der Waals surface area contributed by atoms with Gasteiger partial charge < -0.3 is 24.1 Å². The normalized spacial score (nSPS) is 29.1. The first kappa shape index (κ1) is 20.7. The fraction of sp³-hybridized carbons (Fsp3) is 0.591.